The first-order chi connectivity index (χ1) is 14.5. The van der Waals surface area contributed by atoms with E-state index in [0.29, 0.717) is 13.4 Å². The number of unbranched alkanes of at least 4 members (excludes halogenated alkanes) is 1. The normalized spacial score (nSPS) is 12.0. The molecule has 1 aromatic carbocycles. The van der Waals surface area contributed by atoms with E-state index in [-0.39, 0.29) is 25.3 Å². The Morgan fingerprint density at radius 3 is 2.57 bits per heavy atom. The van der Waals surface area contributed by atoms with Gasteiger partial charge < -0.3 is 23.7 Å². The van der Waals surface area contributed by atoms with Gasteiger partial charge in [-0.15, -0.1) is 0 Å². The van der Waals surface area contributed by atoms with Gasteiger partial charge in [0.05, 0.1) is 6.42 Å². The fourth-order valence-corrected chi connectivity index (χ4v) is 2.71. The highest BCUT2D eigenvalue weighted by atomic mass is 16.7. The Labute approximate surface area is 180 Å². The number of hydrogen-bond donors (Lipinski definition) is 0. The Bertz CT molecular complexity index is 676. The minimum absolute atomic E-state index is 0.169. The summed E-state index contributed by atoms with van der Waals surface area (Å²) in [5.74, 6) is 0.546. The van der Waals surface area contributed by atoms with Crippen LogP contribution < -0.4 is 4.74 Å². The van der Waals surface area contributed by atoms with Crippen LogP contribution in [0, 0.1) is 0 Å². The van der Waals surface area contributed by atoms with Crippen molar-refractivity contribution in [2.45, 2.75) is 52.6 Å². The quantitative estimate of drug-likeness (QED) is 0.174. The van der Waals surface area contributed by atoms with Crippen molar-refractivity contribution in [3.63, 3.8) is 0 Å². The van der Waals surface area contributed by atoms with Gasteiger partial charge in [-0.2, -0.15) is 0 Å². The molecule has 0 amide bonds. The van der Waals surface area contributed by atoms with Crippen molar-refractivity contribution in [1.29, 1.82) is 0 Å². The summed E-state index contributed by atoms with van der Waals surface area (Å²) in [6, 6.07) is 6.03. The van der Waals surface area contributed by atoms with E-state index in [9.17, 15) is 4.79 Å². The standard InChI is InChI=1S/C24H36O6/c1-19(2)12-15-23(25)30-20(3)13-14-22-11-8-10-21(24(22)29-18-27-5)9-6-7-16-28-17-26-4/h8,10-14,20H,6-7,9,15-18H2,1-5H3/b14-13+/t20-/m1/s1. The Morgan fingerprint density at radius 1 is 1.10 bits per heavy atom. The average Bonchev–Trinajstić information content (AvgIpc) is 2.72. The van der Waals surface area contributed by atoms with Crippen LogP contribution >= 0.6 is 0 Å². The van der Waals surface area contributed by atoms with E-state index in [4.69, 9.17) is 23.7 Å². The number of methoxy groups -OCH3 is 2. The number of carbonyl (C=O) groups excluding carboxylic acids is 1. The maximum Gasteiger partial charge on any atom is 0.310 e. The van der Waals surface area contributed by atoms with Gasteiger partial charge in [-0.05, 0) is 51.7 Å². The molecule has 0 aliphatic heterocycles. The molecule has 6 heteroatoms. The SMILES string of the molecule is COCOCCCCc1cccc(/C=C/[C@@H](C)OC(=O)CC=C(C)C)c1OCOC. The molecule has 168 valence electrons. The van der Waals surface area contributed by atoms with Crippen LogP contribution in [0.4, 0.5) is 0 Å². The van der Waals surface area contributed by atoms with Crippen molar-refractivity contribution >= 4 is 12.0 Å². The van der Waals surface area contributed by atoms with Crippen molar-refractivity contribution in [2.75, 3.05) is 34.4 Å². The molecule has 0 aromatic heterocycles. The number of aryl methyl sites for hydroxylation is 1. The lowest BCUT2D eigenvalue weighted by atomic mass is 10.0. The zero-order chi connectivity index (χ0) is 22.2. The molecule has 0 aliphatic carbocycles. The van der Waals surface area contributed by atoms with Crippen molar-refractivity contribution in [2.24, 2.45) is 0 Å². The maximum absolute atomic E-state index is 11.9. The Kier molecular flexibility index (Phi) is 13.5. The largest absolute Gasteiger partial charge is 0.467 e. The fourth-order valence-electron chi connectivity index (χ4n) is 2.71. The maximum atomic E-state index is 11.9. The van der Waals surface area contributed by atoms with Crippen LogP contribution in [0.25, 0.3) is 6.08 Å². The topological polar surface area (TPSA) is 63.2 Å². The zero-order valence-electron chi connectivity index (χ0n) is 18.9. The number of para-hydroxylation sites is 1. The first kappa shape index (κ1) is 25.9. The van der Waals surface area contributed by atoms with E-state index in [2.05, 4.69) is 6.07 Å². The van der Waals surface area contributed by atoms with Crippen LogP contribution in [0.2, 0.25) is 0 Å². The van der Waals surface area contributed by atoms with E-state index in [1.807, 2.05) is 51.1 Å². The number of carbonyl (C=O) groups is 1. The van der Waals surface area contributed by atoms with Crippen LogP contribution in [0.15, 0.2) is 35.9 Å². The number of esters is 1. The summed E-state index contributed by atoms with van der Waals surface area (Å²) in [7, 11) is 3.21. The summed E-state index contributed by atoms with van der Waals surface area (Å²) >= 11 is 0. The van der Waals surface area contributed by atoms with Crippen LogP contribution in [-0.2, 0) is 30.2 Å². The first-order valence-electron chi connectivity index (χ1n) is 10.3. The molecule has 0 saturated heterocycles. The first-order valence-corrected chi connectivity index (χ1v) is 10.3. The lowest BCUT2D eigenvalue weighted by Gasteiger charge is -2.14. The van der Waals surface area contributed by atoms with Gasteiger partial charge in [-0.1, -0.05) is 35.9 Å². The molecule has 1 aromatic rings. The second kappa shape index (κ2) is 15.7. The second-order valence-corrected chi connectivity index (χ2v) is 7.20. The molecular formula is C24H36O6. The number of ether oxygens (including phenoxy) is 5. The molecule has 0 fully saturated rings. The minimum atomic E-state index is -0.333. The van der Waals surface area contributed by atoms with Crippen LogP contribution in [0.5, 0.6) is 5.75 Å². The zero-order valence-corrected chi connectivity index (χ0v) is 18.9. The molecule has 30 heavy (non-hydrogen) atoms. The summed E-state index contributed by atoms with van der Waals surface area (Å²) in [5, 5.41) is 0. The molecule has 0 spiro atoms. The molecular weight excluding hydrogens is 384 g/mol. The molecule has 6 nitrogen and oxygen atoms in total. The van der Waals surface area contributed by atoms with Crippen LogP contribution in [0.3, 0.4) is 0 Å². The van der Waals surface area contributed by atoms with Gasteiger partial charge in [-0.25, -0.2) is 0 Å². The van der Waals surface area contributed by atoms with E-state index in [0.717, 1.165) is 41.7 Å². The monoisotopic (exact) mass is 420 g/mol. The highest BCUT2D eigenvalue weighted by molar-refractivity contribution is 5.71. The highest BCUT2D eigenvalue weighted by Gasteiger charge is 2.10. The summed E-state index contributed by atoms with van der Waals surface area (Å²) in [4.78, 5) is 11.9. The lowest BCUT2D eigenvalue weighted by Crippen LogP contribution is -2.11. The molecule has 0 saturated carbocycles. The van der Waals surface area contributed by atoms with E-state index < -0.39 is 0 Å². The van der Waals surface area contributed by atoms with Gasteiger partial charge in [0.15, 0.2) is 6.79 Å². The fraction of sp³-hybridized carbons (Fsp3) is 0.542. The van der Waals surface area contributed by atoms with Gasteiger partial charge in [-0.3, -0.25) is 4.79 Å². The van der Waals surface area contributed by atoms with E-state index >= 15 is 0 Å². The van der Waals surface area contributed by atoms with Crippen LogP contribution in [-0.4, -0.2) is 46.5 Å². The average molecular weight is 421 g/mol. The predicted molar refractivity (Wildman–Crippen MR) is 118 cm³/mol. The summed E-state index contributed by atoms with van der Waals surface area (Å²) in [6.45, 7) is 6.91. The second-order valence-electron chi connectivity index (χ2n) is 7.20. The van der Waals surface area contributed by atoms with Gasteiger partial charge in [0, 0.05) is 26.4 Å². The Hall–Kier alpha value is -2.15. The number of benzene rings is 1. The molecule has 0 N–H and O–H groups in total. The third kappa shape index (κ3) is 11.1. The lowest BCUT2D eigenvalue weighted by molar-refractivity contribution is -0.145. The molecule has 0 aliphatic rings. The predicted octanol–water partition coefficient (Wildman–Crippen LogP) is 4.91. The Morgan fingerprint density at radius 2 is 1.87 bits per heavy atom. The smallest absolute Gasteiger partial charge is 0.310 e. The molecule has 0 unspecified atom stereocenters. The van der Waals surface area contributed by atoms with Crippen molar-refractivity contribution in [3.8, 4) is 5.75 Å². The van der Waals surface area contributed by atoms with Gasteiger partial charge >= 0.3 is 5.97 Å². The van der Waals surface area contributed by atoms with Crippen molar-refractivity contribution in [3.05, 3.63) is 47.1 Å². The number of rotatable bonds is 15. The van der Waals surface area contributed by atoms with E-state index in [1.165, 1.54) is 0 Å². The van der Waals surface area contributed by atoms with Gasteiger partial charge in [0.1, 0.15) is 18.6 Å². The Balaban J connectivity index is 2.75. The third-order valence-electron chi connectivity index (χ3n) is 4.18. The summed E-state index contributed by atoms with van der Waals surface area (Å²) in [6.07, 6.45) is 8.37. The third-order valence-corrected chi connectivity index (χ3v) is 4.18. The number of allylic oxidation sites excluding steroid dienone is 1. The molecule has 0 radical (unpaired) electrons. The summed E-state index contributed by atoms with van der Waals surface area (Å²) < 4.78 is 26.6. The van der Waals surface area contributed by atoms with Crippen molar-refractivity contribution in [1.82, 2.24) is 0 Å². The molecule has 1 atom stereocenters. The van der Waals surface area contributed by atoms with Crippen LogP contribution in [0.1, 0.15) is 51.2 Å². The highest BCUT2D eigenvalue weighted by Crippen LogP contribution is 2.27. The minimum Gasteiger partial charge on any atom is -0.467 e. The van der Waals surface area contributed by atoms with Gasteiger partial charge in [0.2, 0.25) is 0 Å². The van der Waals surface area contributed by atoms with E-state index in [1.54, 1.807) is 14.2 Å². The molecule has 1 rings (SSSR count). The van der Waals surface area contributed by atoms with Crippen molar-refractivity contribution < 1.29 is 28.5 Å². The number of hydrogen-bond acceptors (Lipinski definition) is 6. The summed E-state index contributed by atoms with van der Waals surface area (Å²) in [5.41, 5.74) is 3.12. The molecule has 0 bridgehead atoms. The van der Waals surface area contributed by atoms with Gasteiger partial charge in [0.25, 0.3) is 0 Å². The molecule has 0 heterocycles.